The average molecular weight is 310 g/mol. The topological polar surface area (TPSA) is 72.2 Å². The first kappa shape index (κ1) is 14.4. The zero-order valence-corrected chi connectivity index (χ0v) is 12.8. The summed E-state index contributed by atoms with van der Waals surface area (Å²) in [5, 5.41) is 3.23. The molecule has 0 atom stereocenters. The fourth-order valence-electron chi connectivity index (χ4n) is 2.79. The smallest absolute Gasteiger partial charge is 0.252 e. The predicted molar refractivity (Wildman–Crippen MR) is 87.9 cm³/mol. The van der Waals surface area contributed by atoms with Crippen LogP contribution in [0.4, 0.5) is 5.00 Å². The number of carbonyl (C=O) groups excluding carboxylic acids is 2. The molecule has 0 fully saturated rings. The highest BCUT2D eigenvalue weighted by molar-refractivity contribution is 7.20. The van der Waals surface area contributed by atoms with Gasteiger partial charge in [-0.25, -0.2) is 0 Å². The Morgan fingerprint density at radius 3 is 2.77 bits per heavy atom. The van der Waals surface area contributed by atoms with E-state index in [4.69, 9.17) is 12.2 Å². The van der Waals surface area contributed by atoms with E-state index in [1.165, 1.54) is 23.8 Å². The third-order valence-electron chi connectivity index (χ3n) is 3.71. The van der Waals surface area contributed by atoms with Crippen LogP contribution in [-0.4, -0.2) is 11.8 Å². The van der Waals surface area contributed by atoms with Crippen LogP contribution >= 0.6 is 11.3 Å². The highest BCUT2D eigenvalue weighted by Crippen LogP contribution is 2.45. The normalized spacial score (nSPS) is 12.0. The maximum Gasteiger partial charge on any atom is 0.252 e. The van der Waals surface area contributed by atoms with Gasteiger partial charge in [0.25, 0.3) is 5.91 Å². The molecule has 0 bridgehead atoms. The lowest BCUT2D eigenvalue weighted by atomic mass is 9.88. The van der Waals surface area contributed by atoms with Crippen LogP contribution < -0.4 is 11.1 Å². The Labute approximate surface area is 132 Å². The van der Waals surface area contributed by atoms with Gasteiger partial charge in [0, 0.05) is 17.4 Å². The molecule has 0 saturated heterocycles. The molecule has 0 aliphatic heterocycles. The van der Waals surface area contributed by atoms with Crippen molar-refractivity contribution in [2.75, 3.05) is 5.32 Å². The highest BCUT2D eigenvalue weighted by atomic mass is 32.1. The molecule has 0 radical (unpaired) electrons. The van der Waals surface area contributed by atoms with Crippen LogP contribution in [0.1, 0.15) is 34.0 Å². The fourth-order valence-corrected chi connectivity index (χ4v) is 4.14. The van der Waals surface area contributed by atoms with Gasteiger partial charge < -0.3 is 11.1 Å². The van der Waals surface area contributed by atoms with Crippen molar-refractivity contribution in [3.05, 3.63) is 40.5 Å². The standard InChI is InChI=1S/C17H14N2O2S/c1-3-10-4-5-11-6-7-12-14(16(18)21)17(19-9(2)20)22-15(12)13(11)8-10/h1,4-5,8H,6-7H2,2H3,(H2,18,21)(H,19,20). The molecule has 3 N–H and O–H groups in total. The Bertz CT molecular complexity index is 843. The maximum absolute atomic E-state index is 11.8. The number of hydrogen-bond acceptors (Lipinski definition) is 3. The van der Waals surface area contributed by atoms with Crippen molar-refractivity contribution in [2.24, 2.45) is 5.73 Å². The summed E-state index contributed by atoms with van der Waals surface area (Å²) in [6, 6.07) is 5.89. The number of hydrogen-bond donors (Lipinski definition) is 2. The lowest BCUT2D eigenvalue weighted by molar-refractivity contribution is -0.114. The van der Waals surface area contributed by atoms with Crippen molar-refractivity contribution in [1.29, 1.82) is 0 Å². The molecule has 1 aliphatic rings. The van der Waals surface area contributed by atoms with Gasteiger partial charge in [0.2, 0.25) is 5.91 Å². The third kappa shape index (κ3) is 2.28. The Hall–Kier alpha value is -2.58. The maximum atomic E-state index is 11.8. The van der Waals surface area contributed by atoms with Gasteiger partial charge in [-0.3, -0.25) is 9.59 Å². The molecular formula is C17H14N2O2S. The van der Waals surface area contributed by atoms with Gasteiger partial charge in [-0.2, -0.15) is 0 Å². The van der Waals surface area contributed by atoms with Crippen LogP contribution in [0.25, 0.3) is 10.4 Å². The first-order valence-electron chi connectivity index (χ1n) is 6.84. The Balaban J connectivity index is 2.23. The van der Waals surface area contributed by atoms with E-state index in [-0.39, 0.29) is 5.91 Å². The second kappa shape index (κ2) is 5.32. The number of nitrogens with one attached hydrogen (secondary N) is 1. The number of benzene rings is 1. The largest absolute Gasteiger partial charge is 0.365 e. The van der Waals surface area contributed by atoms with Gasteiger partial charge in [0.15, 0.2) is 0 Å². The molecule has 5 heteroatoms. The molecule has 22 heavy (non-hydrogen) atoms. The predicted octanol–water partition coefficient (Wildman–Crippen LogP) is 2.55. The number of carbonyl (C=O) groups is 2. The van der Waals surface area contributed by atoms with Gasteiger partial charge in [-0.05, 0) is 41.7 Å². The van der Waals surface area contributed by atoms with E-state index in [0.717, 1.165) is 34.4 Å². The van der Waals surface area contributed by atoms with Crippen LogP contribution in [0.5, 0.6) is 0 Å². The van der Waals surface area contributed by atoms with Gasteiger partial charge in [-0.15, -0.1) is 17.8 Å². The molecule has 0 unspecified atom stereocenters. The van der Waals surface area contributed by atoms with Crippen molar-refractivity contribution >= 4 is 28.2 Å². The lowest BCUT2D eigenvalue weighted by Gasteiger charge is -2.17. The SMILES string of the molecule is C#Cc1ccc2c(c1)-c1sc(NC(C)=O)c(C(N)=O)c1CC2. The molecule has 3 rings (SSSR count). The summed E-state index contributed by atoms with van der Waals surface area (Å²) in [5.41, 5.74) is 9.86. The van der Waals surface area contributed by atoms with E-state index in [2.05, 4.69) is 11.2 Å². The minimum atomic E-state index is -0.516. The summed E-state index contributed by atoms with van der Waals surface area (Å²) >= 11 is 1.38. The van der Waals surface area contributed by atoms with Gasteiger partial charge >= 0.3 is 0 Å². The van der Waals surface area contributed by atoms with Crippen molar-refractivity contribution in [3.8, 4) is 22.8 Å². The molecule has 1 aliphatic carbocycles. The van der Waals surface area contributed by atoms with Gasteiger partial charge in [-0.1, -0.05) is 12.0 Å². The number of terminal acetylenes is 1. The number of primary amides is 1. The summed E-state index contributed by atoms with van der Waals surface area (Å²) < 4.78 is 0. The zero-order valence-electron chi connectivity index (χ0n) is 12.0. The zero-order chi connectivity index (χ0) is 15.9. The Morgan fingerprint density at radius 1 is 1.36 bits per heavy atom. The number of nitrogens with two attached hydrogens (primary N) is 1. The van der Waals surface area contributed by atoms with Crippen LogP contribution in [0, 0.1) is 12.3 Å². The number of rotatable bonds is 2. The van der Waals surface area contributed by atoms with Crippen molar-refractivity contribution < 1.29 is 9.59 Å². The monoisotopic (exact) mass is 310 g/mol. The summed E-state index contributed by atoms with van der Waals surface area (Å²) in [5.74, 6) is 1.89. The number of fused-ring (bicyclic) bond motifs is 3. The molecule has 0 spiro atoms. The first-order chi connectivity index (χ1) is 10.5. The molecule has 2 amide bonds. The summed E-state index contributed by atoms with van der Waals surface area (Å²) in [6.07, 6.45) is 7.03. The molecule has 110 valence electrons. The van der Waals surface area contributed by atoms with Crippen molar-refractivity contribution in [1.82, 2.24) is 0 Å². The Morgan fingerprint density at radius 2 is 2.14 bits per heavy atom. The molecule has 1 aromatic carbocycles. The second-order valence-electron chi connectivity index (χ2n) is 5.18. The molecule has 1 heterocycles. The van der Waals surface area contributed by atoms with Gasteiger partial charge in [0.1, 0.15) is 5.00 Å². The molecule has 0 saturated carbocycles. The molecule has 1 aromatic heterocycles. The van der Waals surface area contributed by atoms with E-state index < -0.39 is 5.91 Å². The van der Waals surface area contributed by atoms with Crippen molar-refractivity contribution in [3.63, 3.8) is 0 Å². The van der Waals surface area contributed by atoms with Gasteiger partial charge in [0.05, 0.1) is 5.56 Å². The number of aryl methyl sites for hydroxylation is 1. The summed E-state index contributed by atoms with van der Waals surface area (Å²) in [7, 11) is 0. The van der Waals surface area contributed by atoms with E-state index in [0.29, 0.717) is 10.6 Å². The number of amides is 2. The van der Waals surface area contributed by atoms with E-state index in [1.807, 2.05) is 18.2 Å². The summed E-state index contributed by atoms with van der Waals surface area (Å²) in [6.45, 7) is 1.41. The van der Waals surface area contributed by atoms with Crippen molar-refractivity contribution in [2.45, 2.75) is 19.8 Å². The van der Waals surface area contributed by atoms with Crippen LogP contribution in [0.15, 0.2) is 18.2 Å². The quantitative estimate of drug-likeness (QED) is 0.837. The lowest BCUT2D eigenvalue weighted by Crippen LogP contribution is -2.17. The van der Waals surface area contributed by atoms with Crippen LogP contribution in [-0.2, 0) is 17.6 Å². The molecule has 2 aromatic rings. The third-order valence-corrected chi connectivity index (χ3v) is 4.89. The number of anilines is 1. The molecular weight excluding hydrogens is 296 g/mol. The van der Waals surface area contributed by atoms with E-state index in [9.17, 15) is 9.59 Å². The second-order valence-corrected chi connectivity index (χ2v) is 6.20. The average Bonchev–Trinajstić information content (AvgIpc) is 2.84. The molecule has 4 nitrogen and oxygen atoms in total. The first-order valence-corrected chi connectivity index (χ1v) is 7.66. The van der Waals surface area contributed by atoms with E-state index in [1.54, 1.807) is 0 Å². The minimum Gasteiger partial charge on any atom is -0.365 e. The number of thiophene rings is 1. The van der Waals surface area contributed by atoms with Crippen LogP contribution in [0.3, 0.4) is 0 Å². The summed E-state index contributed by atoms with van der Waals surface area (Å²) in [4.78, 5) is 24.1. The minimum absolute atomic E-state index is 0.223. The van der Waals surface area contributed by atoms with E-state index >= 15 is 0 Å². The Kier molecular flexibility index (Phi) is 3.47. The highest BCUT2D eigenvalue weighted by Gasteiger charge is 2.27. The fraction of sp³-hybridized carbons (Fsp3) is 0.176. The van der Waals surface area contributed by atoms with Crippen LogP contribution in [0.2, 0.25) is 0 Å².